The molecule has 0 N–H and O–H groups in total. The molecule has 0 atom stereocenters. The summed E-state index contributed by atoms with van der Waals surface area (Å²) in [5.74, 6) is 0. The molecule has 10 aromatic rings. The SMILES string of the molecule is c1ccc(-c2ccc(-n3c4ccccc4c4ccc(N(c5cccc(-c6ccccc6-c6ccccc6)c5)c5ccccc5-c5ccccc5)cc43)cc2)cc1. The van der Waals surface area contributed by atoms with E-state index in [0.29, 0.717) is 0 Å². The molecule has 0 aliphatic carbocycles. The van der Waals surface area contributed by atoms with Gasteiger partial charge in [0.15, 0.2) is 0 Å². The Balaban J connectivity index is 1.18. The molecular weight excluding hydrogens is 677 g/mol. The summed E-state index contributed by atoms with van der Waals surface area (Å²) in [5, 5.41) is 2.45. The molecule has 0 spiro atoms. The van der Waals surface area contributed by atoms with Gasteiger partial charge in [0.05, 0.1) is 16.7 Å². The minimum atomic E-state index is 1.08. The summed E-state index contributed by atoms with van der Waals surface area (Å²) in [6.07, 6.45) is 0. The van der Waals surface area contributed by atoms with Crippen molar-refractivity contribution in [1.29, 1.82) is 0 Å². The Morgan fingerprint density at radius 3 is 1.50 bits per heavy atom. The Hall–Kier alpha value is -7.42. The van der Waals surface area contributed by atoms with Gasteiger partial charge in [-0.05, 0) is 87.5 Å². The second kappa shape index (κ2) is 14.4. The van der Waals surface area contributed by atoms with Crippen molar-refractivity contribution in [1.82, 2.24) is 4.57 Å². The Morgan fingerprint density at radius 1 is 0.286 bits per heavy atom. The van der Waals surface area contributed by atoms with Crippen molar-refractivity contribution in [2.45, 2.75) is 0 Å². The van der Waals surface area contributed by atoms with E-state index in [4.69, 9.17) is 0 Å². The first kappa shape index (κ1) is 33.2. The number of hydrogen-bond donors (Lipinski definition) is 0. The van der Waals surface area contributed by atoms with Crippen molar-refractivity contribution in [3.63, 3.8) is 0 Å². The lowest BCUT2D eigenvalue weighted by Crippen LogP contribution is -2.11. The molecule has 2 heteroatoms. The first-order valence-corrected chi connectivity index (χ1v) is 19.2. The van der Waals surface area contributed by atoms with E-state index in [1.807, 2.05) is 0 Å². The molecule has 0 aliphatic rings. The van der Waals surface area contributed by atoms with Crippen molar-refractivity contribution in [3.8, 4) is 50.2 Å². The summed E-state index contributed by atoms with van der Waals surface area (Å²) < 4.78 is 2.41. The van der Waals surface area contributed by atoms with Gasteiger partial charge in [0.2, 0.25) is 0 Å². The van der Waals surface area contributed by atoms with Gasteiger partial charge in [0.25, 0.3) is 0 Å². The lowest BCUT2D eigenvalue weighted by atomic mass is 9.94. The molecule has 1 heterocycles. The van der Waals surface area contributed by atoms with Crippen LogP contribution >= 0.6 is 0 Å². The van der Waals surface area contributed by atoms with Crippen LogP contribution in [0.15, 0.2) is 231 Å². The van der Waals surface area contributed by atoms with Gasteiger partial charge < -0.3 is 9.47 Å². The molecule has 0 saturated heterocycles. The largest absolute Gasteiger partial charge is 0.310 e. The third-order valence-corrected chi connectivity index (χ3v) is 10.8. The molecule has 0 saturated carbocycles. The second-order valence-electron chi connectivity index (χ2n) is 14.1. The van der Waals surface area contributed by atoms with Gasteiger partial charge in [-0.1, -0.05) is 182 Å². The lowest BCUT2D eigenvalue weighted by Gasteiger charge is -2.28. The zero-order valence-electron chi connectivity index (χ0n) is 30.8. The molecule has 1 aromatic heterocycles. The fourth-order valence-electron chi connectivity index (χ4n) is 8.18. The van der Waals surface area contributed by atoms with E-state index < -0.39 is 0 Å². The van der Waals surface area contributed by atoms with Crippen molar-refractivity contribution < 1.29 is 0 Å². The van der Waals surface area contributed by atoms with E-state index in [0.717, 1.165) is 33.8 Å². The molecule has 0 aliphatic heterocycles. The molecule has 0 amide bonds. The van der Waals surface area contributed by atoms with Gasteiger partial charge in [-0.15, -0.1) is 0 Å². The highest BCUT2D eigenvalue weighted by Gasteiger charge is 2.21. The van der Waals surface area contributed by atoms with Crippen molar-refractivity contribution >= 4 is 38.9 Å². The number of anilines is 3. The van der Waals surface area contributed by atoms with E-state index in [-0.39, 0.29) is 0 Å². The van der Waals surface area contributed by atoms with Gasteiger partial charge in [-0.3, -0.25) is 0 Å². The average molecular weight is 715 g/mol. The first-order chi connectivity index (χ1) is 27.8. The molecule has 264 valence electrons. The predicted octanol–water partition coefficient (Wildman–Crippen LogP) is 14.9. The Kier molecular flexibility index (Phi) is 8.55. The number of fused-ring (bicyclic) bond motifs is 3. The normalized spacial score (nSPS) is 11.2. The Morgan fingerprint density at radius 2 is 0.786 bits per heavy atom. The van der Waals surface area contributed by atoms with E-state index in [9.17, 15) is 0 Å². The van der Waals surface area contributed by atoms with E-state index >= 15 is 0 Å². The average Bonchev–Trinajstić information content (AvgIpc) is 3.61. The maximum Gasteiger partial charge on any atom is 0.0561 e. The predicted molar refractivity (Wildman–Crippen MR) is 237 cm³/mol. The van der Waals surface area contributed by atoms with Crippen molar-refractivity contribution in [2.24, 2.45) is 0 Å². The monoisotopic (exact) mass is 714 g/mol. The summed E-state index contributed by atoms with van der Waals surface area (Å²) in [6.45, 7) is 0. The van der Waals surface area contributed by atoms with Gasteiger partial charge in [0, 0.05) is 33.4 Å². The van der Waals surface area contributed by atoms with E-state index in [2.05, 4.69) is 240 Å². The zero-order valence-corrected chi connectivity index (χ0v) is 30.8. The molecule has 9 aromatic carbocycles. The smallest absolute Gasteiger partial charge is 0.0561 e. The van der Waals surface area contributed by atoms with Crippen molar-refractivity contribution in [3.05, 3.63) is 231 Å². The Labute approximate surface area is 327 Å². The maximum atomic E-state index is 2.43. The van der Waals surface area contributed by atoms with Crippen LogP contribution in [0.4, 0.5) is 17.1 Å². The minimum absolute atomic E-state index is 1.08. The van der Waals surface area contributed by atoms with E-state index in [1.54, 1.807) is 0 Å². The second-order valence-corrected chi connectivity index (χ2v) is 14.1. The maximum absolute atomic E-state index is 2.43. The van der Waals surface area contributed by atoms with Crippen LogP contribution in [0, 0.1) is 0 Å². The quantitative estimate of drug-likeness (QED) is 0.152. The number of benzene rings is 9. The molecule has 10 rings (SSSR count). The third kappa shape index (κ3) is 6.04. The number of rotatable bonds is 8. The van der Waals surface area contributed by atoms with Crippen LogP contribution < -0.4 is 4.90 Å². The molecule has 0 unspecified atom stereocenters. The zero-order chi connectivity index (χ0) is 37.3. The standard InChI is InChI=1S/C54H38N2/c1-4-17-39(18-5-1)40-31-33-44(34-32-40)56-53-30-15-13-28-50(53)51-36-35-46(38-54(51)56)55(52-29-14-12-27-49(52)42-21-8-3-9-22-42)45-24-16-23-43(37-45)48-26-11-10-25-47(48)41-19-6-2-7-20-41/h1-38H. The number of nitrogens with zero attached hydrogens (tertiary/aromatic N) is 2. The third-order valence-electron chi connectivity index (χ3n) is 10.8. The lowest BCUT2D eigenvalue weighted by molar-refractivity contribution is 1.18. The molecule has 2 nitrogen and oxygen atoms in total. The van der Waals surface area contributed by atoms with Crippen LogP contribution in [-0.4, -0.2) is 4.57 Å². The summed E-state index contributed by atoms with van der Waals surface area (Å²) in [6, 6.07) is 83.1. The van der Waals surface area contributed by atoms with Crippen LogP contribution in [0.3, 0.4) is 0 Å². The number of hydrogen-bond acceptors (Lipinski definition) is 1. The van der Waals surface area contributed by atoms with E-state index in [1.165, 1.54) is 55.2 Å². The summed E-state index contributed by atoms with van der Waals surface area (Å²) in [4.78, 5) is 2.43. The fourth-order valence-corrected chi connectivity index (χ4v) is 8.18. The number of para-hydroxylation sites is 2. The van der Waals surface area contributed by atoms with Crippen LogP contribution in [0.1, 0.15) is 0 Å². The van der Waals surface area contributed by atoms with Crippen LogP contribution in [0.2, 0.25) is 0 Å². The molecule has 56 heavy (non-hydrogen) atoms. The Bertz CT molecular complexity index is 2940. The minimum Gasteiger partial charge on any atom is -0.310 e. The first-order valence-electron chi connectivity index (χ1n) is 19.2. The van der Waals surface area contributed by atoms with Gasteiger partial charge in [-0.25, -0.2) is 0 Å². The van der Waals surface area contributed by atoms with Gasteiger partial charge in [-0.2, -0.15) is 0 Å². The topological polar surface area (TPSA) is 8.17 Å². The summed E-state index contributed by atoms with van der Waals surface area (Å²) in [7, 11) is 0. The molecule has 0 fully saturated rings. The van der Waals surface area contributed by atoms with Crippen LogP contribution in [0.5, 0.6) is 0 Å². The summed E-state index contributed by atoms with van der Waals surface area (Å²) in [5.41, 5.74) is 16.3. The summed E-state index contributed by atoms with van der Waals surface area (Å²) >= 11 is 0. The highest BCUT2D eigenvalue weighted by Crippen LogP contribution is 2.44. The highest BCUT2D eigenvalue weighted by atomic mass is 15.1. The molecule has 0 radical (unpaired) electrons. The molecular formula is C54H38N2. The van der Waals surface area contributed by atoms with Crippen molar-refractivity contribution in [2.75, 3.05) is 4.90 Å². The highest BCUT2D eigenvalue weighted by molar-refractivity contribution is 6.10. The molecule has 0 bridgehead atoms. The van der Waals surface area contributed by atoms with Gasteiger partial charge in [0.1, 0.15) is 0 Å². The van der Waals surface area contributed by atoms with Crippen LogP contribution in [-0.2, 0) is 0 Å². The van der Waals surface area contributed by atoms with Gasteiger partial charge >= 0.3 is 0 Å². The van der Waals surface area contributed by atoms with Crippen LogP contribution in [0.25, 0.3) is 72.0 Å². The number of aromatic nitrogens is 1. The fraction of sp³-hybridized carbons (Fsp3) is 0.